The smallest absolute Gasteiger partial charge is 0.267 e. The molecule has 0 unspecified atom stereocenters. The Morgan fingerprint density at radius 3 is 2.72 bits per heavy atom. The van der Waals surface area contributed by atoms with E-state index in [2.05, 4.69) is 20.3 Å². The van der Waals surface area contributed by atoms with E-state index in [0.717, 1.165) is 5.39 Å². The number of fused-ring (bicyclic) bond motifs is 2. The molecule has 9 nitrogen and oxygen atoms in total. The number of hydrogen-bond acceptors (Lipinski definition) is 6. The molecule has 0 fully saturated rings. The average molecular weight is 490 g/mol. The maximum absolute atomic E-state index is 13.6. The number of nitrogens with two attached hydrogens (primary N) is 1. The van der Waals surface area contributed by atoms with E-state index in [9.17, 15) is 19.1 Å². The highest BCUT2D eigenvalue weighted by Gasteiger charge is 2.45. The lowest BCUT2D eigenvalue weighted by Crippen LogP contribution is -2.41. The molecule has 4 heterocycles. The number of H-pyrrole nitrogens is 1. The first-order valence-corrected chi connectivity index (χ1v) is 11.3. The average Bonchev–Trinajstić information content (AvgIpc) is 3.45. The minimum Gasteiger partial charge on any atom is -0.489 e. The Morgan fingerprint density at radius 2 is 2.03 bits per heavy atom. The number of primary amides is 1. The number of carbonyl (C=O) groups is 2. The molecule has 184 valence electrons. The number of nitrogens with zero attached hydrogens (tertiary/aromatic N) is 2. The van der Waals surface area contributed by atoms with Crippen molar-refractivity contribution < 1.29 is 23.8 Å². The Labute approximate surface area is 205 Å². The van der Waals surface area contributed by atoms with Crippen LogP contribution in [0.4, 0.5) is 4.39 Å². The summed E-state index contributed by atoms with van der Waals surface area (Å²) < 4.78 is 19.4. The summed E-state index contributed by atoms with van der Waals surface area (Å²) in [6.07, 6.45) is 1.62. The predicted octanol–water partition coefficient (Wildman–Crippen LogP) is 2.54. The van der Waals surface area contributed by atoms with E-state index in [-0.39, 0.29) is 18.8 Å². The summed E-state index contributed by atoms with van der Waals surface area (Å²) in [5, 5.41) is 14.9. The number of pyridine rings is 2. The fraction of sp³-hybridized carbons (Fsp3) is 0.231. The second-order valence-corrected chi connectivity index (χ2v) is 9.31. The van der Waals surface area contributed by atoms with Crippen LogP contribution in [0.5, 0.6) is 5.75 Å². The van der Waals surface area contributed by atoms with Crippen LogP contribution in [0.2, 0.25) is 0 Å². The molecule has 2 atom stereocenters. The van der Waals surface area contributed by atoms with Crippen LogP contribution in [0.1, 0.15) is 35.6 Å². The van der Waals surface area contributed by atoms with Crippen molar-refractivity contribution in [1.82, 2.24) is 20.3 Å². The predicted molar refractivity (Wildman–Crippen MR) is 130 cm³/mol. The van der Waals surface area contributed by atoms with Crippen molar-refractivity contribution in [2.45, 2.75) is 24.9 Å². The van der Waals surface area contributed by atoms with E-state index in [4.69, 9.17) is 10.5 Å². The Hall–Kier alpha value is -4.31. The van der Waals surface area contributed by atoms with Gasteiger partial charge in [0, 0.05) is 22.7 Å². The minimum atomic E-state index is -1.63. The van der Waals surface area contributed by atoms with Crippen LogP contribution in [0.15, 0.2) is 54.7 Å². The number of aliphatic hydroxyl groups is 1. The molecular formula is C26H24FN5O4. The zero-order valence-electron chi connectivity index (χ0n) is 19.6. The molecule has 0 bridgehead atoms. The second kappa shape index (κ2) is 8.42. The number of halogens is 1. The van der Waals surface area contributed by atoms with Gasteiger partial charge in [0.15, 0.2) is 0 Å². The van der Waals surface area contributed by atoms with Gasteiger partial charge in [-0.1, -0.05) is 0 Å². The van der Waals surface area contributed by atoms with Gasteiger partial charge in [0.05, 0.1) is 12.2 Å². The molecule has 10 heteroatoms. The van der Waals surface area contributed by atoms with Crippen molar-refractivity contribution in [3.8, 4) is 17.0 Å². The maximum Gasteiger partial charge on any atom is 0.267 e. The highest BCUT2D eigenvalue weighted by molar-refractivity contribution is 5.97. The highest BCUT2D eigenvalue weighted by atomic mass is 19.1. The molecule has 0 spiro atoms. The van der Waals surface area contributed by atoms with Crippen molar-refractivity contribution in [1.29, 1.82) is 0 Å². The number of hydrogen-bond donors (Lipinski definition) is 4. The number of ether oxygens (including phenoxy) is 1. The molecule has 0 aliphatic carbocycles. The quantitative estimate of drug-likeness (QED) is 0.328. The Balaban J connectivity index is 1.50. The zero-order chi connectivity index (χ0) is 25.7. The van der Waals surface area contributed by atoms with Crippen LogP contribution < -0.4 is 15.8 Å². The van der Waals surface area contributed by atoms with Crippen molar-refractivity contribution in [3.63, 3.8) is 0 Å². The molecule has 0 saturated carbocycles. The van der Waals surface area contributed by atoms with Gasteiger partial charge in [-0.3, -0.25) is 9.59 Å². The van der Waals surface area contributed by atoms with Gasteiger partial charge in [-0.15, -0.1) is 0 Å². The molecule has 2 amide bonds. The van der Waals surface area contributed by atoms with Gasteiger partial charge < -0.3 is 25.9 Å². The van der Waals surface area contributed by atoms with Gasteiger partial charge in [0.1, 0.15) is 46.2 Å². The molecule has 0 radical (unpaired) electrons. The Morgan fingerprint density at radius 1 is 1.28 bits per heavy atom. The fourth-order valence-corrected chi connectivity index (χ4v) is 4.19. The standard InChI is InChI=1S/C26H24FN5O4/c1-25(24(28)34)13-36-21-17(25)11-19(32-20(21)14-5-7-16(27)8-6-14)26(2,35)12-30-23(33)18-10-15-4-3-9-29-22(15)31-18/h3-11,35H,12-13H2,1-2H3,(H2,28,34)(H,29,31)(H,30,33)/t25-,26-/m0/s1. The van der Waals surface area contributed by atoms with Crippen molar-refractivity contribution >= 4 is 22.8 Å². The molecule has 36 heavy (non-hydrogen) atoms. The van der Waals surface area contributed by atoms with Crippen molar-refractivity contribution in [3.05, 3.63) is 77.5 Å². The molecule has 3 aromatic heterocycles. The number of rotatable bonds is 6. The number of aromatic nitrogens is 3. The van der Waals surface area contributed by atoms with E-state index >= 15 is 0 Å². The topological polar surface area (TPSA) is 143 Å². The summed E-state index contributed by atoms with van der Waals surface area (Å²) in [6, 6.07) is 12.5. The molecule has 4 aromatic rings. The first kappa shape index (κ1) is 23.4. The highest BCUT2D eigenvalue weighted by Crippen LogP contribution is 2.45. The first-order valence-electron chi connectivity index (χ1n) is 11.3. The summed E-state index contributed by atoms with van der Waals surface area (Å²) in [5.74, 6) is -1.10. The van der Waals surface area contributed by atoms with Crippen molar-refractivity contribution in [2.75, 3.05) is 13.2 Å². The largest absolute Gasteiger partial charge is 0.489 e. The van der Waals surface area contributed by atoms with Crippen LogP contribution in [-0.2, 0) is 15.8 Å². The first-order chi connectivity index (χ1) is 17.1. The monoisotopic (exact) mass is 489 g/mol. The summed E-state index contributed by atoms with van der Waals surface area (Å²) >= 11 is 0. The molecule has 1 aliphatic rings. The van der Waals surface area contributed by atoms with Crippen LogP contribution in [-0.4, -0.2) is 45.0 Å². The van der Waals surface area contributed by atoms with E-state index in [0.29, 0.717) is 33.9 Å². The van der Waals surface area contributed by atoms with Crippen molar-refractivity contribution in [2.24, 2.45) is 5.73 Å². The third-order valence-electron chi connectivity index (χ3n) is 6.52. The fourth-order valence-electron chi connectivity index (χ4n) is 4.19. The van der Waals surface area contributed by atoms with Crippen LogP contribution in [0.25, 0.3) is 22.3 Å². The summed E-state index contributed by atoms with van der Waals surface area (Å²) in [6.45, 7) is 2.97. The second-order valence-electron chi connectivity index (χ2n) is 9.31. The molecular weight excluding hydrogens is 465 g/mol. The third kappa shape index (κ3) is 3.95. The van der Waals surface area contributed by atoms with Gasteiger partial charge >= 0.3 is 0 Å². The number of amides is 2. The van der Waals surface area contributed by atoms with E-state index in [1.165, 1.54) is 31.2 Å². The molecule has 1 aromatic carbocycles. The molecule has 0 saturated heterocycles. The maximum atomic E-state index is 13.6. The zero-order valence-corrected chi connectivity index (χ0v) is 19.6. The van der Waals surface area contributed by atoms with Crippen LogP contribution in [0, 0.1) is 5.82 Å². The lowest BCUT2D eigenvalue weighted by molar-refractivity contribution is -0.123. The molecule has 1 aliphatic heterocycles. The SMILES string of the molecule is C[C@](O)(CNC(=O)c1cc2cccnc2[nH]1)c1cc2c(c(-c3ccc(F)cc3)n1)OC[C@]2(C)C(N)=O. The summed E-state index contributed by atoms with van der Waals surface area (Å²) in [7, 11) is 0. The summed E-state index contributed by atoms with van der Waals surface area (Å²) in [4.78, 5) is 36.8. The van der Waals surface area contributed by atoms with Gasteiger partial charge in [-0.25, -0.2) is 14.4 Å². The van der Waals surface area contributed by atoms with Gasteiger partial charge in [0.25, 0.3) is 5.91 Å². The number of nitrogens with one attached hydrogen (secondary N) is 2. The van der Waals surface area contributed by atoms with Gasteiger partial charge in [0.2, 0.25) is 5.91 Å². The Bertz CT molecular complexity index is 1470. The van der Waals surface area contributed by atoms with Crippen LogP contribution in [0.3, 0.4) is 0 Å². The Kier molecular flexibility index (Phi) is 5.48. The van der Waals surface area contributed by atoms with Gasteiger partial charge in [-0.2, -0.15) is 0 Å². The minimum absolute atomic E-state index is 0.00426. The number of aromatic amines is 1. The number of benzene rings is 1. The summed E-state index contributed by atoms with van der Waals surface area (Å²) in [5.41, 5.74) is 5.30. The van der Waals surface area contributed by atoms with E-state index in [1.54, 1.807) is 31.3 Å². The van der Waals surface area contributed by atoms with Crippen LogP contribution >= 0.6 is 0 Å². The number of carbonyl (C=O) groups excluding carboxylic acids is 2. The third-order valence-corrected chi connectivity index (χ3v) is 6.52. The lowest BCUT2D eigenvalue weighted by Gasteiger charge is -2.26. The molecule has 5 rings (SSSR count). The molecule has 5 N–H and O–H groups in total. The van der Waals surface area contributed by atoms with E-state index < -0.39 is 28.6 Å². The lowest BCUT2D eigenvalue weighted by atomic mass is 9.82. The van der Waals surface area contributed by atoms with E-state index in [1.807, 2.05) is 6.07 Å². The normalized spacial score (nSPS) is 18.3. The van der Waals surface area contributed by atoms with Gasteiger partial charge in [-0.05, 0) is 62.4 Å².